The van der Waals surface area contributed by atoms with Crippen LogP contribution in [0.4, 0.5) is 22.0 Å². The Balaban J connectivity index is 2.01. The lowest BCUT2D eigenvalue weighted by Gasteiger charge is -2.35. The molecule has 2 aromatic rings. The number of halogens is 6. The average molecular weight is 555 g/mol. The lowest BCUT2D eigenvalue weighted by atomic mass is 9.75. The van der Waals surface area contributed by atoms with Gasteiger partial charge in [0, 0.05) is 23.5 Å². The van der Waals surface area contributed by atoms with Gasteiger partial charge in [0.15, 0.2) is 5.83 Å². The fraction of sp³-hybridized carbons (Fsp3) is 0.467. The van der Waals surface area contributed by atoms with Crippen LogP contribution in [0.2, 0.25) is 5.02 Å². The van der Waals surface area contributed by atoms with E-state index in [4.69, 9.17) is 11.6 Å². The number of rotatable bonds is 9. The molecule has 1 aliphatic heterocycles. The Morgan fingerprint density at radius 3 is 2.50 bits per heavy atom. The van der Waals surface area contributed by atoms with Crippen LogP contribution in [0, 0.1) is 5.92 Å². The number of nitrogens with one attached hydrogen (secondary N) is 2. The van der Waals surface area contributed by atoms with Gasteiger partial charge in [0.05, 0.1) is 5.56 Å². The van der Waals surface area contributed by atoms with E-state index < -0.39 is 23.4 Å². The van der Waals surface area contributed by atoms with E-state index in [1.807, 2.05) is 32.9 Å². The summed E-state index contributed by atoms with van der Waals surface area (Å²) in [6.45, 7) is 9.02. The molecular formula is C30H36ClF5N2. The molecule has 0 amide bonds. The maximum absolute atomic E-state index is 14.2. The van der Waals surface area contributed by atoms with E-state index in [2.05, 4.69) is 10.6 Å². The summed E-state index contributed by atoms with van der Waals surface area (Å²) >= 11 is 6.78. The summed E-state index contributed by atoms with van der Waals surface area (Å²) in [5.74, 6) is -1.85. The molecule has 0 aliphatic carbocycles. The third kappa shape index (κ3) is 7.67. The van der Waals surface area contributed by atoms with E-state index in [0.717, 1.165) is 42.7 Å². The third-order valence-corrected chi connectivity index (χ3v) is 7.43. The molecule has 2 N–H and O–H groups in total. The number of alkyl halides is 3. The molecule has 0 aromatic heterocycles. The van der Waals surface area contributed by atoms with Crippen LogP contribution >= 0.6 is 11.6 Å². The number of piperidine rings is 1. The van der Waals surface area contributed by atoms with Gasteiger partial charge in [0.2, 0.25) is 0 Å². The number of hydrogen-bond acceptors (Lipinski definition) is 2. The van der Waals surface area contributed by atoms with Gasteiger partial charge < -0.3 is 10.6 Å². The van der Waals surface area contributed by atoms with E-state index in [1.165, 1.54) is 18.2 Å². The Hall–Kier alpha value is -2.22. The Morgan fingerprint density at radius 2 is 1.89 bits per heavy atom. The monoisotopic (exact) mass is 554 g/mol. The smallest absolute Gasteiger partial charge is 0.316 e. The van der Waals surface area contributed by atoms with Crippen molar-refractivity contribution in [3.05, 3.63) is 81.4 Å². The summed E-state index contributed by atoms with van der Waals surface area (Å²) in [5.41, 5.74) is 2.84. The maximum atomic E-state index is 14.2. The molecule has 0 saturated carbocycles. The highest BCUT2D eigenvalue weighted by Crippen LogP contribution is 2.41. The second-order valence-electron chi connectivity index (χ2n) is 10.1. The molecule has 2 unspecified atom stereocenters. The zero-order valence-corrected chi connectivity index (χ0v) is 23.0. The predicted molar refractivity (Wildman–Crippen MR) is 146 cm³/mol. The summed E-state index contributed by atoms with van der Waals surface area (Å²) in [7, 11) is 0. The molecule has 208 valence electrons. The highest BCUT2D eigenvalue weighted by molar-refractivity contribution is 6.31. The molecule has 8 heteroatoms. The molecule has 0 bridgehead atoms. The highest BCUT2D eigenvalue weighted by Gasteiger charge is 2.32. The van der Waals surface area contributed by atoms with Crippen molar-refractivity contribution in [1.29, 1.82) is 0 Å². The average Bonchev–Trinajstić information content (AvgIpc) is 2.86. The second-order valence-corrected chi connectivity index (χ2v) is 10.5. The molecule has 2 aromatic carbocycles. The van der Waals surface area contributed by atoms with Crippen LogP contribution in [0.5, 0.6) is 0 Å². The van der Waals surface area contributed by atoms with Gasteiger partial charge >= 0.3 is 6.18 Å². The van der Waals surface area contributed by atoms with E-state index in [1.54, 1.807) is 6.07 Å². The highest BCUT2D eigenvalue weighted by atomic mass is 35.5. The van der Waals surface area contributed by atoms with Crippen molar-refractivity contribution in [2.24, 2.45) is 5.92 Å². The van der Waals surface area contributed by atoms with Gasteiger partial charge in [-0.05, 0) is 91.7 Å². The summed E-state index contributed by atoms with van der Waals surface area (Å²) in [5, 5.41) is 7.11. The molecule has 1 saturated heterocycles. The molecular weight excluding hydrogens is 519 g/mol. The summed E-state index contributed by atoms with van der Waals surface area (Å²) < 4.78 is 68.3. The van der Waals surface area contributed by atoms with Gasteiger partial charge in [0.25, 0.3) is 0 Å². The number of allylic oxidation sites excluding steroid dienone is 4. The quantitative estimate of drug-likeness (QED) is 0.239. The van der Waals surface area contributed by atoms with Crippen LogP contribution in [0.3, 0.4) is 0 Å². The van der Waals surface area contributed by atoms with Crippen LogP contribution in [0.1, 0.15) is 63.1 Å². The lowest BCUT2D eigenvalue weighted by Crippen LogP contribution is -2.36. The van der Waals surface area contributed by atoms with Crippen molar-refractivity contribution in [2.75, 3.05) is 19.6 Å². The first kappa shape index (κ1) is 30.3. The van der Waals surface area contributed by atoms with Crippen molar-refractivity contribution in [1.82, 2.24) is 10.6 Å². The van der Waals surface area contributed by atoms with Crippen LogP contribution in [0.25, 0.3) is 11.1 Å². The standard InChI is InChI=1S/C30H36ClF5N2/c1-5-20(15-29(33)19(4)32)24-11-12-37-17-27(24)25-9-7-22(14-28(25)31)26-16-23(30(34,35)36)8-6-21(26)10-13-38-18(2)3/h6-9,14-16,18,24,27,37-38H,5,10-13,17H2,1-4H3. The van der Waals surface area contributed by atoms with E-state index in [-0.39, 0.29) is 17.9 Å². The molecule has 1 fully saturated rings. The summed E-state index contributed by atoms with van der Waals surface area (Å²) in [4.78, 5) is 0. The Morgan fingerprint density at radius 1 is 1.16 bits per heavy atom. The van der Waals surface area contributed by atoms with Gasteiger partial charge in [-0.1, -0.05) is 56.1 Å². The maximum Gasteiger partial charge on any atom is 0.416 e. The molecule has 0 radical (unpaired) electrons. The van der Waals surface area contributed by atoms with E-state index >= 15 is 0 Å². The minimum Gasteiger partial charge on any atom is -0.316 e. The van der Waals surface area contributed by atoms with Crippen molar-refractivity contribution < 1.29 is 22.0 Å². The Kier molecular flexibility index (Phi) is 10.6. The topological polar surface area (TPSA) is 24.1 Å². The van der Waals surface area contributed by atoms with E-state index in [0.29, 0.717) is 42.1 Å². The molecule has 38 heavy (non-hydrogen) atoms. The molecule has 2 nitrogen and oxygen atoms in total. The summed E-state index contributed by atoms with van der Waals surface area (Å²) in [6.07, 6.45) is -1.30. The fourth-order valence-corrected chi connectivity index (χ4v) is 5.41. The number of benzene rings is 2. The normalized spacial score (nSPS) is 19.6. The first-order chi connectivity index (χ1) is 17.9. The van der Waals surface area contributed by atoms with Crippen LogP contribution in [-0.2, 0) is 12.6 Å². The Bertz CT molecular complexity index is 1170. The van der Waals surface area contributed by atoms with Gasteiger partial charge in [-0.15, -0.1) is 0 Å². The molecule has 2 atom stereocenters. The third-order valence-electron chi connectivity index (χ3n) is 7.10. The molecule has 1 aliphatic rings. The Labute approximate surface area is 227 Å². The second kappa shape index (κ2) is 13.2. The van der Waals surface area contributed by atoms with Crippen LogP contribution in [0.15, 0.2) is 59.7 Å². The summed E-state index contributed by atoms with van der Waals surface area (Å²) in [6, 6.07) is 9.50. The van der Waals surface area contributed by atoms with Crippen molar-refractivity contribution in [3.8, 4) is 11.1 Å². The lowest BCUT2D eigenvalue weighted by molar-refractivity contribution is -0.137. The molecule has 1 heterocycles. The largest absolute Gasteiger partial charge is 0.416 e. The molecule has 0 spiro atoms. The van der Waals surface area contributed by atoms with E-state index in [9.17, 15) is 22.0 Å². The van der Waals surface area contributed by atoms with Crippen molar-refractivity contribution >= 4 is 11.6 Å². The van der Waals surface area contributed by atoms with Gasteiger partial charge in [-0.3, -0.25) is 0 Å². The minimum atomic E-state index is -4.46. The van der Waals surface area contributed by atoms with Crippen LogP contribution in [-0.4, -0.2) is 25.7 Å². The van der Waals surface area contributed by atoms with Crippen molar-refractivity contribution in [2.45, 2.75) is 65.1 Å². The predicted octanol–water partition coefficient (Wildman–Crippen LogP) is 8.77. The zero-order chi connectivity index (χ0) is 28.0. The van der Waals surface area contributed by atoms with Gasteiger partial charge in [0.1, 0.15) is 5.83 Å². The first-order valence-corrected chi connectivity index (χ1v) is 13.5. The SMILES string of the molecule is CCC(=CC(F)=C(C)F)C1CCNCC1c1ccc(-c2cc(C(F)(F)F)ccc2CCNC(C)C)cc1Cl. The van der Waals surface area contributed by atoms with Crippen molar-refractivity contribution in [3.63, 3.8) is 0 Å². The fourth-order valence-electron chi connectivity index (χ4n) is 5.09. The van der Waals surface area contributed by atoms with Gasteiger partial charge in [-0.2, -0.15) is 13.2 Å². The van der Waals surface area contributed by atoms with Gasteiger partial charge in [-0.25, -0.2) is 8.78 Å². The minimum absolute atomic E-state index is 0.0408. The first-order valence-electron chi connectivity index (χ1n) is 13.1. The van der Waals surface area contributed by atoms with Crippen LogP contribution < -0.4 is 10.6 Å². The molecule has 3 rings (SSSR count). The number of hydrogen-bond donors (Lipinski definition) is 2. The zero-order valence-electron chi connectivity index (χ0n) is 22.3.